The van der Waals surface area contributed by atoms with Gasteiger partial charge in [0.15, 0.2) is 5.84 Å². The second-order valence-corrected chi connectivity index (χ2v) is 4.30. The van der Waals surface area contributed by atoms with E-state index in [-0.39, 0.29) is 17.1 Å². The summed E-state index contributed by atoms with van der Waals surface area (Å²) in [5, 5.41) is 7.63. The van der Waals surface area contributed by atoms with E-state index in [4.69, 9.17) is 16.9 Å². The van der Waals surface area contributed by atoms with Crippen LogP contribution in [0.25, 0.3) is 0 Å². The Morgan fingerprint density at radius 2 is 1.86 bits per heavy atom. The van der Waals surface area contributed by atoms with Gasteiger partial charge < -0.3 is 11.5 Å². The predicted molar refractivity (Wildman–Crippen MR) is 59.2 cm³/mol. The Morgan fingerprint density at radius 3 is 2.21 bits per heavy atom. The van der Waals surface area contributed by atoms with Crippen LogP contribution in [0.2, 0.25) is 0 Å². The van der Waals surface area contributed by atoms with Crippen molar-refractivity contribution in [2.24, 2.45) is 21.9 Å². The fraction of sp³-hybridized carbons (Fsp3) is 0.400. The summed E-state index contributed by atoms with van der Waals surface area (Å²) < 4.78 is 0. The lowest BCUT2D eigenvalue weighted by molar-refractivity contribution is 0.594. The van der Waals surface area contributed by atoms with Gasteiger partial charge in [-0.25, -0.2) is 4.99 Å². The van der Waals surface area contributed by atoms with E-state index in [9.17, 15) is 0 Å². The van der Waals surface area contributed by atoms with Crippen LogP contribution >= 0.6 is 0 Å². The summed E-state index contributed by atoms with van der Waals surface area (Å²) in [5.74, 6) is 0.278. The first-order chi connectivity index (χ1) is 6.32. The molecule has 1 aliphatic heterocycles. The normalized spacial score (nSPS) is 16.9. The van der Waals surface area contributed by atoms with Crippen molar-refractivity contribution in [2.45, 2.75) is 20.8 Å². The van der Waals surface area contributed by atoms with Gasteiger partial charge in [0.25, 0.3) is 0 Å². The van der Waals surface area contributed by atoms with Gasteiger partial charge in [-0.2, -0.15) is 0 Å². The number of aliphatic imine (C=N–C) groups is 1. The van der Waals surface area contributed by atoms with Gasteiger partial charge in [0.05, 0.1) is 5.57 Å². The molecule has 1 heterocycles. The van der Waals surface area contributed by atoms with Crippen molar-refractivity contribution in [1.29, 1.82) is 5.41 Å². The number of nitrogens with two attached hydrogens (primary N) is 2. The summed E-state index contributed by atoms with van der Waals surface area (Å²) in [6, 6.07) is 0. The second kappa shape index (κ2) is 3.29. The second-order valence-electron chi connectivity index (χ2n) is 4.30. The Morgan fingerprint density at radius 1 is 1.29 bits per heavy atom. The highest BCUT2D eigenvalue weighted by molar-refractivity contribution is 6.15. The molecule has 4 heteroatoms. The van der Waals surface area contributed by atoms with Crippen molar-refractivity contribution in [3.05, 3.63) is 23.5 Å². The van der Waals surface area contributed by atoms with Crippen molar-refractivity contribution in [3.63, 3.8) is 0 Å². The molecule has 0 radical (unpaired) electrons. The first-order valence-corrected chi connectivity index (χ1v) is 4.44. The van der Waals surface area contributed by atoms with Gasteiger partial charge in [0.2, 0.25) is 0 Å². The van der Waals surface area contributed by atoms with Crippen LogP contribution in [-0.4, -0.2) is 11.5 Å². The highest BCUT2D eigenvalue weighted by Crippen LogP contribution is 2.21. The van der Waals surface area contributed by atoms with Crippen LogP contribution in [-0.2, 0) is 0 Å². The maximum Gasteiger partial charge on any atom is 0.155 e. The van der Waals surface area contributed by atoms with Crippen molar-refractivity contribution in [3.8, 4) is 0 Å². The molecule has 1 rings (SSSR count). The van der Waals surface area contributed by atoms with E-state index in [1.54, 1.807) is 6.08 Å². The molecule has 0 saturated heterocycles. The van der Waals surface area contributed by atoms with Crippen molar-refractivity contribution in [1.82, 2.24) is 0 Å². The molecule has 0 aromatic heterocycles. The zero-order chi connectivity index (χ0) is 10.9. The van der Waals surface area contributed by atoms with Crippen LogP contribution in [0, 0.1) is 10.8 Å². The lowest BCUT2D eigenvalue weighted by Crippen LogP contribution is -2.24. The molecule has 0 atom stereocenters. The molecule has 0 aromatic carbocycles. The molecule has 14 heavy (non-hydrogen) atoms. The zero-order valence-corrected chi connectivity index (χ0v) is 8.76. The maximum atomic E-state index is 7.63. The summed E-state index contributed by atoms with van der Waals surface area (Å²) in [7, 11) is 0. The number of nitrogens with one attached hydrogen (secondary N) is 1. The SMILES string of the molecule is CC(C)(C)C1=NC(=N)C(=C(N)N)C=C1. The summed E-state index contributed by atoms with van der Waals surface area (Å²) in [6.45, 7) is 6.14. The van der Waals surface area contributed by atoms with Gasteiger partial charge in [-0.3, -0.25) is 5.41 Å². The van der Waals surface area contributed by atoms with Gasteiger partial charge >= 0.3 is 0 Å². The van der Waals surface area contributed by atoms with Crippen molar-refractivity contribution < 1.29 is 0 Å². The lowest BCUT2D eigenvalue weighted by atomic mass is 9.88. The van der Waals surface area contributed by atoms with E-state index in [2.05, 4.69) is 4.99 Å². The minimum absolute atomic E-state index is 0.0578. The van der Waals surface area contributed by atoms with Crippen molar-refractivity contribution in [2.75, 3.05) is 0 Å². The molecule has 0 amide bonds. The summed E-state index contributed by atoms with van der Waals surface area (Å²) in [5.41, 5.74) is 12.1. The van der Waals surface area contributed by atoms with Gasteiger partial charge in [-0.15, -0.1) is 0 Å². The number of hydrogen-bond donors (Lipinski definition) is 3. The molecule has 0 unspecified atom stereocenters. The third kappa shape index (κ3) is 2.02. The number of dihydropyridines is 1. The molecule has 76 valence electrons. The Balaban J connectivity index is 3.06. The minimum Gasteiger partial charge on any atom is -0.385 e. The number of amidine groups is 1. The largest absolute Gasteiger partial charge is 0.385 e. The molecule has 5 N–H and O–H groups in total. The molecule has 0 spiro atoms. The quantitative estimate of drug-likeness (QED) is 0.537. The molecular formula is C10H16N4. The van der Waals surface area contributed by atoms with Crippen LogP contribution < -0.4 is 11.5 Å². The van der Waals surface area contributed by atoms with Crippen LogP contribution in [0.5, 0.6) is 0 Å². The van der Waals surface area contributed by atoms with Crippen LogP contribution in [0.3, 0.4) is 0 Å². The number of nitrogens with zero attached hydrogens (tertiary/aromatic N) is 1. The van der Waals surface area contributed by atoms with Crippen LogP contribution in [0.15, 0.2) is 28.5 Å². The number of hydrogen-bond acceptors (Lipinski definition) is 3. The molecular weight excluding hydrogens is 176 g/mol. The minimum atomic E-state index is -0.0578. The Hall–Kier alpha value is -1.58. The number of rotatable bonds is 0. The molecule has 0 aliphatic carbocycles. The lowest BCUT2D eigenvalue weighted by Gasteiger charge is -2.21. The topological polar surface area (TPSA) is 88.2 Å². The fourth-order valence-electron chi connectivity index (χ4n) is 1.11. The van der Waals surface area contributed by atoms with E-state index < -0.39 is 0 Å². The van der Waals surface area contributed by atoms with E-state index >= 15 is 0 Å². The average molecular weight is 192 g/mol. The zero-order valence-electron chi connectivity index (χ0n) is 8.76. The first kappa shape index (κ1) is 10.5. The van der Waals surface area contributed by atoms with Crippen LogP contribution in [0.1, 0.15) is 20.8 Å². The van der Waals surface area contributed by atoms with Crippen molar-refractivity contribution >= 4 is 11.5 Å². The van der Waals surface area contributed by atoms with Gasteiger partial charge in [0.1, 0.15) is 5.82 Å². The predicted octanol–water partition coefficient (Wildman–Crippen LogP) is 1.15. The third-order valence-electron chi connectivity index (χ3n) is 1.97. The molecule has 1 aliphatic rings. The molecule has 0 saturated carbocycles. The fourth-order valence-corrected chi connectivity index (χ4v) is 1.11. The maximum absolute atomic E-state index is 7.63. The van der Waals surface area contributed by atoms with E-state index in [0.717, 1.165) is 5.71 Å². The summed E-state index contributed by atoms with van der Waals surface area (Å²) >= 11 is 0. The van der Waals surface area contributed by atoms with E-state index in [1.807, 2.05) is 26.8 Å². The number of allylic oxidation sites excluding steroid dienone is 1. The monoisotopic (exact) mass is 192 g/mol. The molecule has 0 bridgehead atoms. The highest BCUT2D eigenvalue weighted by Gasteiger charge is 2.21. The standard InChI is InChI=1S/C10H16N4/c1-10(2,3)7-5-4-6(8(11)12)9(13)14-7/h4-5,13H,11-12H2,1-3H3. The van der Waals surface area contributed by atoms with Crippen LogP contribution in [0.4, 0.5) is 0 Å². The summed E-state index contributed by atoms with van der Waals surface area (Å²) in [6.07, 6.45) is 3.60. The summed E-state index contributed by atoms with van der Waals surface area (Å²) in [4.78, 5) is 4.15. The highest BCUT2D eigenvalue weighted by atomic mass is 14.9. The first-order valence-electron chi connectivity index (χ1n) is 4.44. The van der Waals surface area contributed by atoms with Gasteiger partial charge in [-0.1, -0.05) is 20.8 Å². The van der Waals surface area contributed by atoms with E-state index in [0.29, 0.717) is 5.57 Å². The molecule has 0 fully saturated rings. The third-order valence-corrected chi connectivity index (χ3v) is 1.97. The Bertz CT molecular complexity index is 349. The van der Waals surface area contributed by atoms with E-state index in [1.165, 1.54) is 0 Å². The average Bonchev–Trinajstić information content (AvgIpc) is 2.01. The van der Waals surface area contributed by atoms with Gasteiger partial charge in [0, 0.05) is 11.1 Å². The Kier molecular flexibility index (Phi) is 2.47. The Labute approximate surface area is 83.9 Å². The molecule has 4 nitrogen and oxygen atoms in total. The smallest absolute Gasteiger partial charge is 0.155 e. The van der Waals surface area contributed by atoms with Gasteiger partial charge in [-0.05, 0) is 12.2 Å². The molecule has 0 aromatic rings.